The third kappa shape index (κ3) is 4.69. The summed E-state index contributed by atoms with van der Waals surface area (Å²) in [6, 6.07) is 9.18. The van der Waals surface area contributed by atoms with Crippen LogP contribution in [0.15, 0.2) is 30.3 Å². The molecule has 0 spiro atoms. The number of carbonyl (C=O) groups is 2. The van der Waals surface area contributed by atoms with Gasteiger partial charge in [-0.2, -0.15) is 5.10 Å². The fraction of sp³-hybridized carbons (Fsp3) is 0.440. The van der Waals surface area contributed by atoms with Gasteiger partial charge in [0.25, 0.3) is 11.8 Å². The van der Waals surface area contributed by atoms with Crippen molar-refractivity contribution in [1.82, 2.24) is 25.0 Å². The van der Waals surface area contributed by atoms with Crippen LogP contribution in [0.4, 0.5) is 0 Å². The molecule has 33 heavy (non-hydrogen) atoms. The average molecular weight is 450 g/mol. The molecule has 0 bridgehead atoms. The number of aromatic nitrogens is 3. The SMILES string of the molecule is CCC(NC(=O)c1cc(C2CC2)nc2c1c(C)nn2C)c1ccccc1OCC(=O)N(C)C. The molecule has 1 N–H and O–H groups in total. The third-order valence-electron chi connectivity index (χ3n) is 6.09. The van der Waals surface area contributed by atoms with E-state index in [0.29, 0.717) is 23.7 Å². The monoisotopic (exact) mass is 449 g/mol. The molecule has 0 saturated heterocycles. The van der Waals surface area contributed by atoms with Gasteiger partial charge < -0.3 is 15.0 Å². The van der Waals surface area contributed by atoms with Crippen LogP contribution in [0.2, 0.25) is 0 Å². The molecule has 1 aromatic carbocycles. The molecule has 1 saturated carbocycles. The lowest BCUT2D eigenvalue weighted by molar-refractivity contribution is -0.130. The average Bonchev–Trinajstić information content (AvgIpc) is 3.61. The number of pyridine rings is 1. The molecule has 2 amide bonds. The maximum Gasteiger partial charge on any atom is 0.259 e. The van der Waals surface area contributed by atoms with Gasteiger partial charge in [-0.05, 0) is 38.3 Å². The first-order chi connectivity index (χ1) is 15.8. The number of hydrogen-bond donors (Lipinski definition) is 1. The lowest BCUT2D eigenvalue weighted by atomic mass is 10.0. The zero-order valence-corrected chi connectivity index (χ0v) is 19.9. The number of para-hydroxylation sites is 1. The fourth-order valence-corrected chi connectivity index (χ4v) is 4.04. The summed E-state index contributed by atoms with van der Waals surface area (Å²) in [6.45, 7) is 3.86. The zero-order chi connectivity index (χ0) is 23.7. The number of nitrogens with one attached hydrogen (secondary N) is 1. The van der Waals surface area contributed by atoms with E-state index in [9.17, 15) is 9.59 Å². The van der Waals surface area contributed by atoms with Crippen LogP contribution >= 0.6 is 0 Å². The normalized spacial score (nSPS) is 14.2. The number of hydrogen-bond acceptors (Lipinski definition) is 5. The summed E-state index contributed by atoms with van der Waals surface area (Å²) in [6.07, 6.45) is 2.87. The number of ether oxygens (including phenoxy) is 1. The molecule has 2 heterocycles. The molecule has 3 aromatic rings. The van der Waals surface area contributed by atoms with Crippen molar-refractivity contribution < 1.29 is 14.3 Å². The van der Waals surface area contributed by atoms with Crippen LogP contribution in [-0.2, 0) is 11.8 Å². The lowest BCUT2D eigenvalue weighted by Gasteiger charge is -2.21. The minimum atomic E-state index is -0.271. The van der Waals surface area contributed by atoms with Gasteiger partial charge in [0.1, 0.15) is 5.75 Å². The van der Waals surface area contributed by atoms with Crippen molar-refractivity contribution in [1.29, 1.82) is 0 Å². The minimum Gasteiger partial charge on any atom is -0.483 e. The van der Waals surface area contributed by atoms with Gasteiger partial charge in [0.2, 0.25) is 0 Å². The molecule has 1 aliphatic rings. The molecular formula is C25H31N5O3. The van der Waals surface area contributed by atoms with Crippen molar-refractivity contribution in [3.8, 4) is 5.75 Å². The van der Waals surface area contributed by atoms with Gasteiger partial charge in [0, 0.05) is 38.3 Å². The van der Waals surface area contributed by atoms with Gasteiger partial charge in [-0.15, -0.1) is 0 Å². The van der Waals surface area contributed by atoms with Gasteiger partial charge in [-0.3, -0.25) is 14.3 Å². The van der Waals surface area contributed by atoms with Gasteiger partial charge in [-0.1, -0.05) is 25.1 Å². The lowest BCUT2D eigenvalue weighted by Crippen LogP contribution is -2.30. The van der Waals surface area contributed by atoms with Crippen LogP contribution in [0.5, 0.6) is 5.75 Å². The molecule has 1 aliphatic carbocycles. The van der Waals surface area contributed by atoms with E-state index in [1.807, 2.05) is 51.2 Å². The van der Waals surface area contributed by atoms with Crippen LogP contribution in [0.1, 0.15) is 65.5 Å². The van der Waals surface area contributed by atoms with Crippen molar-refractivity contribution in [2.75, 3.05) is 20.7 Å². The summed E-state index contributed by atoms with van der Waals surface area (Å²) in [5.41, 5.74) is 3.92. The van der Waals surface area contributed by atoms with Crippen molar-refractivity contribution >= 4 is 22.8 Å². The van der Waals surface area contributed by atoms with Crippen molar-refractivity contribution in [2.24, 2.45) is 7.05 Å². The first-order valence-electron chi connectivity index (χ1n) is 11.4. The minimum absolute atomic E-state index is 0.0565. The highest BCUT2D eigenvalue weighted by Gasteiger charge is 2.29. The summed E-state index contributed by atoms with van der Waals surface area (Å²) in [5.74, 6) is 0.726. The molecule has 1 fully saturated rings. The number of nitrogens with zero attached hydrogens (tertiary/aromatic N) is 4. The Kier molecular flexibility index (Phi) is 6.35. The molecule has 8 heteroatoms. The van der Waals surface area contributed by atoms with Crippen LogP contribution in [0.25, 0.3) is 11.0 Å². The molecule has 4 rings (SSSR count). The first-order valence-corrected chi connectivity index (χ1v) is 11.4. The number of fused-ring (bicyclic) bond motifs is 1. The highest BCUT2D eigenvalue weighted by atomic mass is 16.5. The molecule has 1 unspecified atom stereocenters. The number of likely N-dealkylation sites (N-methyl/N-ethyl adjacent to an activating group) is 1. The van der Waals surface area contributed by atoms with E-state index in [0.717, 1.165) is 40.8 Å². The molecule has 8 nitrogen and oxygen atoms in total. The van der Waals surface area contributed by atoms with Crippen LogP contribution in [0, 0.1) is 6.92 Å². The van der Waals surface area contributed by atoms with E-state index >= 15 is 0 Å². The van der Waals surface area contributed by atoms with Crippen molar-refractivity contribution in [2.45, 2.75) is 45.1 Å². The van der Waals surface area contributed by atoms with E-state index < -0.39 is 0 Å². The number of aryl methyl sites for hydroxylation is 2. The number of amides is 2. The highest BCUT2D eigenvalue weighted by Crippen LogP contribution is 2.40. The van der Waals surface area contributed by atoms with Crippen LogP contribution in [0.3, 0.4) is 0 Å². The Balaban J connectivity index is 1.63. The molecule has 0 radical (unpaired) electrons. The summed E-state index contributed by atoms with van der Waals surface area (Å²) in [7, 11) is 5.25. The maximum atomic E-state index is 13.5. The molecule has 1 atom stereocenters. The second kappa shape index (κ2) is 9.21. The summed E-state index contributed by atoms with van der Waals surface area (Å²) in [4.78, 5) is 31.8. The largest absolute Gasteiger partial charge is 0.483 e. The van der Waals surface area contributed by atoms with E-state index in [2.05, 4.69) is 10.4 Å². The van der Waals surface area contributed by atoms with Gasteiger partial charge in [-0.25, -0.2) is 4.98 Å². The molecular weight excluding hydrogens is 418 g/mol. The maximum absolute atomic E-state index is 13.5. The predicted octanol–water partition coefficient (Wildman–Crippen LogP) is 3.50. The molecule has 174 valence electrons. The standard InChI is InChI=1S/C25H31N5O3/c1-6-19(17-9-7-8-10-21(17)33-14-22(31)29(3)4)27-25(32)18-13-20(16-11-12-16)26-24-23(18)15(2)28-30(24)5/h7-10,13,16,19H,6,11-12,14H2,1-5H3,(H,27,32). The molecule has 0 aliphatic heterocycles. The predicted molar refractivity (Wildman–Crippen MR) is 126 cm³/mol. The Labute approximate surface area is 193 Å². The first kappa shape index (κ1) is 22.8. The number of rotatable bonds is 8. The third-order valence-corrected chi connectivity index (χ3v) is 6.09. The Bertz CT molecular complexity index is 1200. The topological polar surface area (TPSA) is 89.4 Å². The summed E-state index contributed by atoms with van der Waals surface area (Å²) < 4.78 is 7.56. The van der Waals surface area contributed by atoms with Gasteiger partial charge in [0.05, 0.1) is 22.7 Å². The zero-order valence-electron chi connectivity index (χ0n) is 19.9. The van der Waals surface area contributed by atoms with E-state index in [4.69, 9.17) is 9.72 Å². The van der Waals surface area contributed by atoms with E-state index in [1.54, 1.807) is 18.8 Å². The van der Waals surface area contributed by atoms with Crippen LogP contribution < -0.4 is 10.1 Å². The van der Waals surface area contributed by atoms with Gasteiger partial charge >= 0.3 is 0 Å². The second-order valence-corrected chi connectivity index (χ2v) is 8.83. The Hall–Kier alpha value is -3.42. The number of benzene rings is 1. The Morgan fingerprint density at radius 3 is 2.67 bits per heavy atom. The number of carbonyl (C=O) groups excluding carboxylic acids is 2. The van der Waals surface area contributed by atoms with E-state index in [1.165, 1.54) is 4.90 Å². The quantitative estimate of drug-likeness (QED) is 0.569. The van der Waals surface area contributed by atoms with E-state index in [-0.39, 0.29) is 24.5 Å². The summed E-state index contributed by atoms with van der Waals surface area (Å²) >= 11 is 0. The Morgan fingerprint density at radius 2 is 2.00 bits per heavy atom. The summed E-state index contributed by atoms with van der Waals surface area (Å²) in [5, 5.41) is 8.47. The van der Waals surface area contributed by atoms with Crippen molar-refractivity contribution in [3.63, 3.8) is 0 Å². The Morgan fingerprint density at radius 1 is 1.27 bits per heavy atom. The van der Waals surface area contributed by atoms with Gasteiger partial charge in [0.15, 0.2) is 12.3 Å². The van der Waals surface area contributed by atoms with Crippen molar-refractivity contribution in [3.05, 3.63) is 52.8 Å². The highest BCUT2D eigenvalue weighted by molar-refractivity contribution is 6.06. The fourth-order valence-electron chi connectivity index (χ4n) is 4.04. The van der Waals surface area contributed by atoms with Crippen LogP contribution in [-0.4, -0.2) is 52.2 Å². The smallest absolute Gasteiger partial charge is 0.259 e. The molecule has 2 aromatic heterocycles. The second-order valence-electron chi connectivity index (χ2n) is 8.83.